The van der Waals surface area contributed by atoms with Gasteiger partial charge in [0.25, 0.3) is 5.91 Å². The van der Waals surface area contributed by atoms with E-state index in [0.29, 0.717) is 17.1 Å². The van der Waals surface area contributed by atoms with E-state index in [9.17, 15) is 18.0 Å². The van der Waals surface area contributed by atoms with Crippen LogP contribution in [-0.4, -0.2) is 59.3 Å². The lowest BCUT2D eigenvalue weighted by molar-refractivity contribution is -0.141. The second-order valence-electron chi connectivity index (χ2n) is 6.41. The lowest BCUT2D eigenvalue weighted by Crippen LogP contribution is -2.35. The van der Waals surface area contributed by atoms with Crippen molar-refractivity contribution in [2.24, 2.45) is 0 Å². The van der Waals surface area contributed by atoms with E-state index < -0.39 is 21.9 Å². The van der Waals surface area contributed by atoms with Crippen molar-refractivity contribution >= 4 is 27.6 Å². The van der Waals surface area contributed by atoms with Gasteiger partial charge >= 0.3 is 5.97 Å². The maximum absolute atomic E-state index is 13.1. The van der Waals surface area contributed by atoms with Gasteiger partial charge in [-0.3, -0.25) is 14.3 Å². The van der Waals surface area contributed by atoms with E-state index in [4.69, 9.17) is 14.2 Å². The SMILES string of the molecule is COC(=O)CN(Cc1cc(OC)cc(OC)c1)C(=O)c1cccc(NS(C)(=O)=O)c1. The molecule has 0 radical (unpaired) electrons. The summed E-state index contributed by atoms with van der Waals surface area (Å²) in [7, 11) is 0.749. The number of methoxy groups -OCH3 is 3. The topological polar surface area (TPSA) is 111 Å². The number of nitrogens with zero attached hydrogens (tertiary/aromatic N) is 1. The van der Waals surface area contributed by atoms with Crippen molar-refractivity contribution in [1.29, 1.82) is 0 Å². The van der Waals surface area contributed by atoms with Gasteiger partial charge in [0.05, 0.1) is 27.6 Å². The Bertz CT molecular complexity index is 999. The average molecular weight is 436 g/mol. The summed E-state index contributed by atoms with van der Waals surface area (Å²) in [4.78, 5) is 26.3. The zero-order valence-electron chi connectivity index (χ0n) is 17.2. The van der Waals surface area contributed by atoms with Gasteiger partial charge in [-0.05, 0) is 35.9 Å². The Morgan fingerprint density at radius 1 is 1.00 bits per heavy atom. The molecule has 2 rings (SSSR count). The molecule has 0 heterocycles. The largest absolute Gasteiger partial charge is 0.497 e. The van der Waals surface area contributed by atoms with Crippen LogP contribution in [0.25, 0.3) is 0 Å². The number of amides is 1. The van der Waals surface area contributed by atoms with Crippen molar-refractivity contribution < 1.29 is 32.2 Å². The van der Waals surface area contributed by atoms with Crippen LogP contribution in [0.4, 0.5) is 5.69 Å². The molecule has 2 aromatic rings. The number of carbonyl (C=O) groups excluding carboxylic acids is 2. The molecule has 0 aliphatic carbocycles. The fourth-order valence-corrected chi connectivity index (χ4v) is 3.27. The summed E-state index contributed by atoms with van der Waals surface area (Å²) >= 11 is 0. The quantitative estimate of drug-likeness (QED) is 0.598. The summed E-state index contributed by atoms with van der Waals surface area (Å²) in [5.41, 5.74) is 1.13. The van der Waals surface area contributed by atoms with Crippen molar-refractivity contribution in [1.82, 2.24) is 4.90 Å². The normalized spacial score (nSPS) is 10.8. The first-order chi connectivity index (χ1) is 14.1. The Morgan fingerprint density at radius 2 is 1.63 bits per heavy atom. The first kappa shape index (κ1) is 23.0. The molecule has 0 spiro atoms. The highest BCUT2D eigenvalue weighted by atomic mass is 32.2. The summed E-state index contributed by atoms with van der Waals surface area (Å²) in [6.45, 7) is -0.218. The van der Waals surface area contributed by atoms with Crippen LogP contribution in [0.15, 0.2) is 42.5 Å². The highest BCUT2D eigenvalue weighted by Crippen LogP contribution is 2.24. The Hall–Kier alpha value is -3.27. The lowest BCUT2D eigenvalue weighted by atomic mass is 10.1. The zero-order valence-corrected chi connectivity index (χ0v) is 18.0. The first-order valence-electron chi connectivity index (χ1n) is 8.81. The Labute approximate surface area is 175 Å². The van der Waals surface area contributed by atoms with Crippen molar-refractivity contribution in [3.63, 3.8) is 0 Å². The van der Waals surface area contributed by atoms with E-state index in [1.54, 1.807) is 24.3 Å². The molecule has 2 aromatic carbocycles. The Kier molecular flexibility index (Phi) is 7.65. The van der Waals surface area contributed by atoms with Crippen LogP contribution in [0, 0.1) is 0 Å². The molecule has 0 unspecified atom stereocenters. The van der Waals surface area contributed by atoms with Crippen LogP contribution in [0.3, 0.4) is 0 Å². The van der Waals surface area contributed by atoms with E-state index in [2.05, 4.69) is 4.72 Å². The number of esters is 1. The molecule has 30 heavy (non-hydrogen) atoms. The monoisotopic (exact) mass is 436 g/mol. The summed E-state index contributed by atoms with van der Waals surface area (Å²) in [6.07, 6.45) is 1.02. The van der Waals surface area contributed by atoms with Gasteiger partial charge in [0.2, 0.25) is 10.0 Å². The zero-order chi connectivity index (χ0) is 22.3. The molecule has 1 N–H and O–H groups in total. The second-order valence-corrected chi connectivity index (χ2v) is 8.16. The maximum atomic E-state index is 13.1. The fraction of sp³-hybridized carbons (Fsp3) is 0.300. The summed E-state index contributed by atoms with van der Waals surface area (Å²) in [5.74, 6) is 0.00583. The number of rotatable bonds is 9. The number of nitrogens with one attached hydrogen (secondary N) is 1. The van der Waals surface area contributed by atoms with Gasteiger partial charge in [0.1, 0.15) is 18.0 Å². The number of hydrogen-bond donors (Lipinski definition) is 1. The number of carbonyl (C=O) groups is 2. The Morgan fingerprint density at radius 3 is 2.17 bits per heavy atom. The van der Waals surface area contributed by atoms with Crippen molar-refractivity contribution in [2.45, 2.75) is 6.54 Å². The smallest absolute Gasteiger partial charge is 0.325 e. The number of benzene rings is 2. The van der Waals surface area contributed by atoms with Crippen LogP contribution < -0.4 is 14.2 Å². The molecule has 0 aliphatic heterocycles. The summed E-state index contributed by atoms with van der Waals surface area (Å²) in [6, 6.07) is 11.1. The van der Waals surface area contributed by atoms with Crippen LogP contribution in [0.2, 0.25) is 0 Å². The van der Waals surface area contributed by atoms with E-state index in [1.165, 1.54) is 44.4 Å². The number of sulfonamides is 1. The van der Waals surface area contributed by atoms with Crippen LogP contribution >= 0.6 is 0 Å². The molecule has 0 bridgehead atoms. The van der Waals surface area contributed by atoms with E-state index >= 15 is 0 Å². The molecule has 0 atom stereocenters. The molecule has 0 saturated carbocycles. The molecule has 0 fully saturated rings. The van der Waals surface area contributed by atoms with Crippen LogP contribution in [0.1, 0.15) is 15.9 Å². The molecule has 1 amide bonds. The van der Waals surface area contributed by atoms with Gasteiger partial charge in [-0.1, -0.05) is 6.07 Å². The molecule has 0 aliphatic rings. The van der Waals surface area contributed by atoms with E-state index in [-0.39, 0.29) is 24.3 Å². The minimum atomic E-state index is -3.50. The molecule has 162 valence electrons. The third kappa shape index (κ3) is 6.66. The third-order valence-electron chi connectivity index (χ3n) is 4.03. The Balaban J connectivity index is 2.36. The van der Waals surface area contributed by atoms with Crippen LogP contribution in [-0.2, 0) is 26.1 Å². The second kappa shape index (κ2) is 9.97. The lowest BCUT2D eigenvalue weighted by Gasteiger charge is -2.22. The first-order valence-corrected chi connectivity index (χ1v) is 10.7. The average Bonchev–Trinajstić information content (AvgIpc) is 2.71. The molecule has 9 nitrogen and oxygen atoms in total. The summed E-state index contributed by atoms with van der Waals surface area (Å²) in [5, 5.41) is 0. The number of ether oxygens (including phenoxy) is 3. The molecule has 10 heteroatoms. The highest BCUT2D eigenvalue weighted by molar-refractivity contribution is 7.92. The van der Waals surface area contributed by atoms with E-state index in [0.717, 1.165) is 6.26 Å². The maximum Gasteiger partial charge on any atom is 0.325 e. The molecular weight excluding hydrogens is 412 g/mol. The minimum Gasteiger partial charge on any atom is -0.497 e. The molecule has 0 saturated heterocycles. The van der Waals surface area contributed by atoms with Gasteiger partial charge in [-0.15, -0.1) is 0 Å². The van der Waals surface area contributed by atoms with Gasteiger partial charge in [-0.25, -0.2) is 8.42 Å². The number of hydrogen-bond acceptors (Lipinski definition) is 7. The number of anilines is 1. The third-order valence-corrected chi connectivity index (χ3v) is 4.64. The molecular formula is C20H24N2O7S. The van der Waals surface area contributed by atoms with Gasteiger partial charge in [0, 0.05) is 23.9 Å². The minimum absolute atomic E-state index is 0.0746. The van der Waals surface area contributed by atoms with Gasteiger partial charge in [-0.2, -0.15) is 0 Å². The highest BCUT2D eigenvalue weighted by Gasteiger charge is 2.21. The van der Waals surface area contributed by atoms with Gasteiger partial charge < -0.3 is 19.1 Å². The van der Waals surface area contributed by atoms with E-state index in [1.807, 2.05) is 0 Å². The predicted octanol–water partition coefficient (Wildman–Crippen LogP) is 1.89. The standard InChI is InChI=1S/C20H24N2O7S/c1-27-17-8-14(9-18(11-17)28-2)12-22(13-19(23)29-3)20(24)15-6-5-7-16(10-15)21-30(4,25)26/h5-11,21H,12-13H2,1-4H3. The van der Waals surface area contributed by atoms with Crippen LogP contribution in [0.5, 0.6) is 11.5 Å². The predicted molar refractivity (Wildman–Crippen MR) is 111 cm³/mol. The van der Waals surface area contributed by atoms with Crippen molar-refractivity contribution in [3.05, 3.63) is 53.6 Å². The molecule has 0 aromatic heterocycles. The fourth-order valence-electron chi connectivity index (χ4n) is 2.71. The van der Waals surface area contributed by atoms with Crippen molar-refractivity contribution in [2.75, 3.05) is 38.9 Å². The summed E-state index contributed by atoms with van der Waals surface area (Å²) < 4.78 is 40.5. The van der Waals surface area contributed by atoms with Crippen molar-refractivity contribution in [3.8, 4) is 11.5 Å². The van der Waals surface area contributed by atoms with Gasteiger partial charge in [0.15, 0.2) is 0 Å².